The minimum Gasteiger partial charge on any atom is -0.497 e. The van der Waals surface area contributed by atoms with E-state index in [2.05, 4.69) is 15.6 Å². The van der Waals surface area contributed by atoms with Crippen molar-refractivity contribution in [3.8, 4) is 5.75 Å². The maximum atomic E-state index is 11.9. The molecule has 138 valence electrons. The van der Waals surface area contributed by atoms with Crippen LogP contribution >= 0.6 is 0 Å². The predicted octanol–water partition coefficient (Wildman–Crippen LogP) is 1.98. The number of likely N-dealkylation sites (tertiary alicyclic amines) is 1. The Morgan fingerprint density at radius 3 is 2.68 bits per heavy atom. The molecular formula is C18H28N4O3. The highest BCUT2D eigenvalue weighted by molar-refractivity contribution is 5.80. The summed E-state index contributed by atoms with van der Waals surface area (Å²) in [5, 5.41) is 6.57. The number of methoxy groups -OCH3 is 1. The van der Waals surface area contributed by atoms with Gasteiger partial charge in [-0.15, -0.1) is 0 Å². The lowest BCUT2D eigenvalue weighted by Crippen LogP contribution is -2.63. The van der Waals surface area contributed by atoms with Gasteiger partial charge in [-0.1, -0.05) is 12.1 Å². The van der Waals surface area contributed by atoms with Crippen molar-refractivity contribution in [3.63, 3.8) is 0 Å². The lowest BCUT2D eigenvalue weighted by molar-refractivity contribution is 0.00701. The van der Waals surface area contributed by atoms with Crippen LogP contribution in [0.5, 0.6) is 5.75 Å². The molecule has 1 aromatic rings. The fraction of sp³-hybridized carbons (Fsp3) is 0.556. The number of benzene rings is 1. The highest BCUT2D eigenvalue weighted by Gasteiger charge is 2.34. The molecule has 0 saturated carbocycles. The quantitative estimate of drug-likeness (QED) is 0.643. The van der Waals surface area contributed by atoms with Crippen molar-refractivity contribution in [2.45, 2.75) is 39.0 Å². The zero-order chi connectivity index (χ0) is 18.4. The highest BCUT2D eigenvalue weighted by Crippen LogP contribution is 2.15. The fourth-order valence-corrected chi connectivity index (χ4v) is 2.40. The van der Waals surface area contributed by atoms with Crippen molar-refractivity contribution >= 4 is 12.1 Å². The first-order valence-electron chi connectivity index (χ1n) is 8.39. The summed E-state index contributed by atoms with van der Waals surface area (Å²) in [4.78, 5) is 17.8. The Morgan fingerprint density at radius 1 is 1.36 bits per heavy atom. The van der Waals surface area contributed by atoms with Crippen LogP contribution in [-0.4, -0.2) is 55.8 Å². The van der Waals surface area contributed by atoms with Crippen LogP contribution < -0.4 is 15.4 Å². The minimum atomic E-state index is -0.468. The van der Waals surface area contributed by atoms with Gasteiger partial charge in [0.1, 0.15) is 11.4 Å². The Morgan fingerprint density at radius 2 is 2.08 bits per heavy atom. The maximum absolute atomic E-state index is 11.9. The number of hydrogen-bond acceptors (Lipinski definition) is 4. The van der Waals surface area contributed by atoms with Gasteiger partial charge < -0.3 is 25.0 Å². The Labute approximate surface area is 149 Å². The third-order valence-corrected chi connectivity index (χ3v) is 3.69. The number of aliphatic imine (C=N–C) groups is 1. The molecule has 1 fully saturated rings. The summed E-state index contributed by atoms with van der Waals surface area (Å²) >= 11 is 0. The second-order valence-corrected chi connectivity index (χ2v) is 7.00. The molecule has 0 aromatic heterocycles. The first-order valence-corrected chi connectivity index (χ1v) is 8.39. The monoisotopic (exact) mass is 348 g/mol. The van der Waals surface area contributed by atoms with Crippen LogP contribution in [0.15, 0.2) is 29.3 Å². The number of rotatable bonds is 4. The van der Waals surface area contributed by atoms with Crippen LogP contribution in [0.4, 0.5) is 4.79 Å². The number of nitrogens with one attached hydrogen (secondary N) is 2. The van der Waals surface area contributed by atoms with Crippen molar-refractivity contribution in [1.29, 1.82) is 0 Å². The van der Waals surface area contributed by atoms with Crippen molar-refractivity contribution in [1.82, 2.24) is 15.5 Å². The molecule has 1 amide bonds. The molecule has 0 aliphatic carbocycles. The van der Waals surface area contributed by atoms with Gasteiger partial charge in [0, 0.05) is 26.7 Å². The number of ether oxygens (including phenoxy) is 2. The van der Waals surface area contributed by atoms with Crippen molar-refractivity contribution in [2.75, 3.05) is 27.2 Å². The lowest BCUT2D eigenvalue weighted by Gasteiger charge is -2.40. The number of carbonyl (C=O) groups is 1. The van der Waals surface area contributed by atoms with Gasteiger partial charge in [-0.25, -0.2) is 4.79 Å². The normalized spacial score (nSPS) is 15.4. The van der Waals surface area contributed by atoms with Crippen LogP contribution in [-0.2, 0) is 11.3 Å². The molecule has 1 saturated heterocycles. The molecule has 7 nitrogen and oxygen atoms in total. The van der Waals surface area contributed by atoms with E-state index in [1.165, 1.54) is 0 Å². The average molecular weight is 348 g/mol. The zero-order valence-electron chi connectivity index (χ0n) is 15.6. The van der Waals surface area contributed by atoms with Crippen molar-refractivity contribution < 1.29 is 14.3 Å². The standard InChI is InChI=1S/C18H28N4O3/c1-18(2,3)25-17(23)22-11-14(12-22)21-16(19-4)20-10-13-7-6-8-15(9-13)24-5/h6-9,14H,10-12H2,1-5H3,(H2,19,20,21). The van der Waals surface area contributed by atoms with Crippen molar-refractivity contribution in [3.05, 3.63) is 29.8 Å². The first kappa shape index (κ1) is 18.9. The summed E-state index contributed by atoms with van der Waals surface area (Å²) in [5.74, 6) is 1.53. The smallest absolute Gasteiger partial charge is 0.410 e. The molecule has 0 spiro atoms. The van der Waals surface area contributed by atoms with E-state index in [4.69, 9.17) is 9.47 Å². The molecule has 25 heavy (non-hydrogen) atoms. The van der Waals surface area contributed by atoms with Crippen molar-refractivity contribution in [2.24, 2.45) is 4.99 Å². The molecule has 0 radical (unpaired) electrons. The van der Waals surface area contributed by atoms with Gasteiger partial charge in [0.05, 0.1) is 13.2 Å². The average Bonchev–Trinajstić information content (AvgIpc) is 2.51. The fourth-order valence-electron chi connectivity index (χ4n) is 2.40. The number of amides is 1. The summed E-state index contributed by atoms with van der Waals surface area (Å²) in [7, 11) is 3.38. The molecule has 1 aliphatic rings. The van der Waals surface area contributed by atoms with E-state index in [-0.39, 0.29) is 12.1 Å². The van der Waals surface area contributed by atoms with E-state index < -0.39 is 5.60 Å². The predicted molar refractivity (Wildman–Crippen MR) is 97.9 cm³/mol. The lowest BCUT2D eigenvalue weighted by atomic mass is 10.1. The number of hydrogen-bond donors (Lipinski definition) is 2. The molecule has 2 N–H and O–H groups in total. The Balaban J connectivity index is 1.75. The SMILES string of the molecule is CN=C(NCc1cccc(OC)c1)NC1CN(C(=O)OC(C)(C)C)C1. The second-order valence-electron chi connectivity index (χ2n) is 7.00. The molecule has 0 unspecified atom stereocenters. The summed E-state index contributed by atoms with van der Waals surface area (Å²) in [6, 6.07) is 8.04. The van der Waals surface area contributed by atoms with Crippen LogP contribution in [0.25, 0.3) is 0 Å². The van der Waals surface area contributed by atoms with E-state index in [0.29, 0.717) is 25.6 Å². The van der Waals surface area contributed by atoms with Gasteiger partial charge in [-0.05, 0) is 38.5 Å². The van der Waals surface area contributed by atoms with E-state index in [0.717, 1.165) is 11.3 Å². The molecule has 1 aliphatic heterocycles. The maximum Gasteiger partial charge on any atom is 0.410 e. The number of nitrogens with zero attached hydrogens (tertiary/aromatic N) is 2. The Hall–Kier alpha value is -2.44. The molecule has 7 heteroatoms. The summed E-state index contributed by atoms with van der Waals surface area (Å²) in [6.45, 7) is 7.45. The topological polar surface area (TPSA) is 75.2 Å². The van der Waals surface area contributed by atoms with Crippen LogP contribution in [0.2, 0.25) is 0 Å². The minimum absolute atomic E-state index is 0.170. The molecule has 1 aromatic carbocycles. The van der Waals surface area contributed by atoms with Gasteiger partial charge in [-0.3, -0.25) is 4.99 Å². The van der Waals surface area contributed by atoms with Gasteiger partial charge in [0.2, 0.25) is 0 Å². The van der Waals surface area contributed by atoms with E-state index in [1.54, 1.807) is 19.1 Å². The largest absolute Gasteiger partial charge is 0.497 e. The molecular weight excluding hydrogens is 320 g/mol. The summed E-state index contributed by atoms with van der Waals surface area (Å²) < 4.78 is 10.6. The number of carbonyl (C=O) groups excluding carboxylic acids is 1. The van der Waals surface area contributed by atoms with Crippen LogP contribution in [0.3, 0.4) is 0 Å². The highest BCUT2D eigenvalue weighted by atomic mass is 16.6. The second kappa shape index (κ2) is 8.09. The van der Waals surface area contributed by atoms with Crippen LogP contribution in [0, 0.1) is 0 Å². The molecule has 0 atom stereocenters. The third-order valence-electron chi connectivity index (χ3n) is 3.69. The van der Waals surface area contributed by atoms with Gasteiger partial charge in [-0.2, -0.15) is 0 Å². The number of guanidine groups is 1. The summed E-state index contributed by atoms with van der Waals surface area (Å²) in [6.07, 6.45) is -0.273. The Kier molecular flexibility index (Phi) is 6.12. The molecule has 1 heterocycles. The van der Waals surface area contributed by atoms with E-state index in [9.17, 15) is 4.79 Å². The van der Waals surface area contributed by atoms with Gasteiger partial charge in [0.25, 0.3) is 0 Å². The van der Waals surface area contributed by atoms with E-state index in [1.807, 2.05) is 45.0 Å². The molecule has 0 bridgehead atoms. The summed E-state index contributed by atoms with van der Waals surface area (Å²) in [5.41, 5.74) is 0.635. The van der Waals surface area contributed by atoms with Gasteiger partial charge >= 0.3 is 6.09 Å². The first-order chi connectivity index (χ1) is 11.8. The van der Waals surface area contributed by atoms with Crippen LogP contribution in [0.1, 0.15) is 26.3 Å². The third kappa shape index (κ3) is 5.85. The molecule has 2 rings (SSSR count). The van der Waals surface area contributed by atoms with Gasteiger partial charge in [0.15, 0.2) is 5.96 Å². The Bertz CT molecular complexity index is 619. The van der Waals surface area contributed by atoms with E-state index >= 15 is 0 Å². The zero-order valence-corrected chi connectivity index (χ0v) is 15.6.